The van der Waals surface area contributed by atoms with Gasteiger partial charge in [-0.15, -0.1) is 0 Å². The minimum Gasteiger partial charge on any atom is -0.393 e. The van der Waals surface area contributed by atoms with Crippen LogP contribution >= 0.6 is 0 Å². The molecule has 1 aromatic rings. The Hall–Kier alpha value is -2.48. The van der Waals surface area contributed by atoms with Crippen LogP contribution in [-0.4, -0.2) is 51.4 Å². The Morgan fingerprint density at radius 3 is 2.71 bits per heavy atom. The smallest absolute Gasteiger partial charge is 0.313 e. The van der Waals surface area contributed by atoms with Crippen LogP contribution in [0.25, 0.3) is 0 Å². The zero-order chi connectivity index (χ0) is 20.3. The average molecular weight is 388 g/mol. The second kappa shape index (κ2) is 8.68. The van der Waals surface area contributed by atoms with Gasteiger partial charge in [0.2, 0.25) is 5.91 Å². The van der Waals surface area contributed by atoms with Gasteiger partial charge in [0, 0.05) is 18.8 Å². The van der Waals surface area contributed by atoms with Crippen LogP contribution < -0.4 is 11.1 Å². The molecule has 1 aliphatic carbocycles. The van der Waals surface area contributed by atoms with Crippen LogP contribution in [0.5, 0.6) is 0 Å². The molecule has 1 saturated carbocycles. The Morgan fingerprint density at radius 1 is 1.21 bits per heavy atom. The summed E-state index contributed by atoms with van der Waals surface area (Å²) in [5.74, 6) is -1.45. The van der Waals surface area contributed by atoms with Crippen molar-refractivity contribution in [1.29, 1.82) is 0 Å². The molecule has 0 radical (unpaired) electrons. The first kappa shape index (κ1) is 20.3. The van der Waals surface area contributed by atoms with E-state index in [1.165, 1.54) is 18.5 Å². The van der Waals surface area contributed by atoms with Crippen molar-refractivity contribution in [3.63, 3.8) is 0 Å². The van der Waals surface area contributed by atoms with Crippen LogP contribution in [0.2, 0.25) is 0 Å². The number of hydrogen-bond acceptors (Lipinski definition) is 5. The number of primary amides is 1. The van der Waals surface area contributed by atoms with Gasteiger partial charge in [0.25, 0.3) is 0 Å². The number of nitrogens with two attached hydrogens (primary N) is 1. The second-order valence-corrected chi connectivity index (χ2v) is 8.07. The number of aromatic nitrogens is 1. The van der Waals surface area contributed by atoms with Crippen molar-refractivity contribution in [2.24, 2.45) is 17.6 Å². The summed E-state index contributed by atoms with van der Waals surface area (Å²) >= 11 is 0. The fourth-order valence-corrected chi connectivity index (χ4v) is 4.41. The number of aliphatic hydroxyl groups excluding tert-OH is 1. The van der Waals surface area contributed by atoms with Crippen molar-refractivity contribution in [3.05, 3.63) is 24.0 Å². The number of piperidine rings is 1. The van der Waals surface area contributed by atoms with Crippen molar-refractivity contribution < 1.29 is 19.5 Å². The van der Waals surface area contributed by atoms with Crippen LogP contribution in [0.4, 0.5) is 5.69 Å². The van der Waals surface area contributed by atoms with Crippen molar-refractivity contribution in [2.45, 2.75) is 57.6 Å². The molecule has 3 rings (SSSR count). The summed E-state index contributed by atoms with van der Waals surface area (Å²) in [6.45, 7) is 2.60. The number of amides is 3. The van der Waals surface area contributed by atoms with Crippen LogP contribution in [-0.2, 0) is 9.59 Å². The molecule has 1 aliphatic heterocycles. The second-order valence-electron chi connectivity index (χ2n) is 8.07. The van der Waals surface area contributed by atoms with Crippen molar-refractivity contribution >= 4 is 23.4 Å². The zero-order valence-corrected chi connectivity index (χ0v) is 16.1. The van der Waals surface area contributed by atoms with Crippen LogP contribution in [0.3, 0.4) is 0 Å². The number of nitrogens with one attached hydrogen (secondary N) is 1. The minimum absolute atomic E-state index is 0.0283. The normalized spacial score (nSPS) is 27.9. The number of hydrogen-bond donors (Lipinski definition) is 3. The van der Waals surface area contributed by atoms with Crippen molar-refractivity contribution in [2.75, 3.05) is 11.9 Å². The fourth-order valence-electron chi connectivity index (χ4n) is 4.41. The van der Waals surface area contributed by atoms with Gasteiger partial charge in [0.1, 0.15) is 0 Å². The van der Waals surface area contributed by atoms with E-state index < -0.39 is 17.7 Å². The SMILES string of the molecule is C[C@H]1CC[C@H]([C@@H]2CCC[C@@H](O)C2)N(C(=O)C(=O)Nc2cncc(C(N)=O)c2)C1. The average Bonchev–Trinajstić information content (AvgIpc) is 2.67. The van der Waals surface area contributed by atoms with E-state index in [1.54, 1.807) is 4.90 Å². The van der Waals surface area contributed by atoms with Crippen LogP contribution in [0, 0.1) is 11.8 Å². The quantitative estimate of drug-likeness (QED) is 0.673. The minimum atomic E-state index is -0.751. The molecule has 0 spiro atoms. The number of rotatable bonds is 3. The lowest BCUT2D eigenvalue weighted by Crippen LogP contribution is -2.54. The topological polar surface area (TPSA) is 126 Å². The Labute approximate surface area is 164 Å². The van der Waals surface area contributed by atoms with E-state index in [1.807, 2.05) is 0 Å². The fraction of sp³-hybridized carbons (Fsp3) is 0.600. The molecule has 28 heavy (non-hydrogen) atoms. The third-order valence-corrected chi connectivity index (χ3v) is 5.83. The first-order valence-electron chi connectivity index (χ1n) is 9.90. The van der Waals surface area contributed by atoms with E-state index in [9.17, 15) is 19.5 Å². The summed E-state index contributed by atoms with van der Waals surface area (Å²) < 4.78 is 0. The van der Waals surface area contributed by atoms with E-state index in [4.69, 9.17) is 5.73 Å². The summed E-state index contributed by atoms with van der Waals surface area (Å²) in [7, 11) is 0. The molecule has 2 aliphatic rings. The Kier molecular flexibility index (Phi) is 6.28. The molecule has 0 unspecified atom stereocenters. The van der Waals surface area contributed by atoms with Crippen LogP contribution in [0.15, 0.2) is 18.5 Å². The highest BCUT2D eigenvalue weighted by Crippen LogP contribution is 2.35. The molecule has 0 bridgehead atoms. The lowest BCUT2D eigenvalue weighted by molar-refractivity contribution is -0.148. The maximum Gasteiger partial charge on any atom is 0.313 e. The molecule has 8 heteroatoms. The van der Waals surface area contributed by atoms with E-state index >= 15 is 0 Å². The zero-order valence-electron chi connectivity index (χ0n) is 16.1. The predicted molar refractivity (Wildman–Crippen MR) is 103 cm³/mol. The molecule has 1 aromatic heterocycles. The standard InChI is InChI=1S/C20H28N4O4/c1-12-5-6-17(13-3-2-4-16(25)8-13)24(11-12)20(28)19(27)23-15-7-14(18(21)26)9-22-10-15/h7,9-10,12-13,16-17,25H,2-6,8,11H2,1H3,(H2,21,26)(H,23,27)/t12-,13+,16+,17+/m0/s1. The number of likely N-dealkylation sites (tertiary alicyclic amines) is 1. The number of carbonyl (C=O) groups is 3. The Bertz CT molecular complexity index is 753. The first-order valence-corrected chi connectivity index (χ1v) is 9.90. The Balaban J connectivity index is 1.72. The molecule has 4 N–H and O–H groups in total. The number of pyridine rings is 1. The lowest BCUT2D eigenvalue weighted by atomic mass is 9.77. The largest absolute Gasteiger partial charge is 0.393 e. The molecule has 152 valence electrons. The van der Waals surface area contributed by atoms with Gasteiger partial charge >= 0.3 is 11.8 Å². The maximum absolute atomic E-state index is 12.9. The van der Waals surface area contributed by atoms with E-state index in [0.29, 0.717) is 18.9 Å². The van der Waals surface area contributed by atoms with E-state index in [-0.39, 0.29) is 29.3 Å². The van der Waals surface area contributed by atoms with Gasteiger partial charge in [-0.3, -0.25) is 19.4 Å². The monoisotopic (exact) mass is 388 g/mol. The molecule has 2 heterocycles. The van der Waals surface area contributed by atoms with Crippen LogP contribution in [0.1, 0.15) is 55.8 Å². The number of aliphatic hydroxyl groups is 1. The highest BCUT2D eigenvalue weighted by atomic mass is 16.3. The van der Waals surface area contributed by atoms with Gasteiger partial charge in [0.15, 0.2) is 0 Å². The summed E-state index contributed by atoms with van der Waals surface area (Å²) in [5.41, 5.74) is 5.64. The van der Waals surface area contributed by atoms with Gasteiger partial charge in [-0.1, -0.05) is 13.3 Å². The third kappa shape index (κ3) is 4.67. The number of anilines is 1. The summed E-state index contributed by atoms with van der Waals surface area (Å²) in [6.07, 6.45) is 7.58. The first-order chi connectivity index (χ1) is 13.3. The van der Waals surface area contributed by atoms with Gasteiger partial charge < -0.3 is 21.1 Å². The number of nitrogens with zero attached hydrogens (tertiary/aromatic N) is 2. The summed E-state index contributed by atoms with van der Waals surface area (Å²) in [4.78, 5) is 42.4. The van der Waals surface area contributed by atoms with Gasteiger partial charge in [-0.05, 0) is 50.0 Å². The Morgan fingerprint density at radius 2 is 2.00 bits per heavy atom. The number of carbonyl (C=O) groups excluding carboxylic acids is 3. The van der Waals surface area contributed by atoms with Crippen molar-refractivity contribution in [1.82, 2.24) is 9.88 Å². The van der Waals surface area contributed by atoms with Gasteiger partial charge in [-0.2, -0.15) is 0 Å². The molecular weight excluding hydrogens is 360 g/mol. The third-order valence-electron chi connectivity index (χ3n) is 5.83. The summed E-state index contributed by atoms with van der Waals surface area (Å²) in [5, 5.41) is 12.6. The molecule has 8 nitrogen and oxygen atoms in total. The molecule has 2 fully saturated rings. The van der Waals surface area contributed by atoms with Crippen molar-refractivity contribution in [3.8, 4) is 0 Å². The van der Waals surface area contributed by atoms with Gasteiger partial charge in [0.05, 0.1) is 23.6 Å². The highest BCUT2D eigenvalue weighted by Gasteiger charge is 2.39. The molecule has 3 amide bonds. The molecule has 0 aromatic carbocycles. The van der Waals surface area contributed by atoms with E-state index in [2.05, 4.69) is 17.2 Å². The highest BCUT2D eigenvalue weighted by molar-refractivity contribution is 6.39. The van der Waals surface area contributed by atoms with E-state index in [0.717, 1.165) is 32.1 Å². The lowest BCUT2D eigenvalue weighted by Gasteiger charge is -2.44. The molecular formula is C20H28N4O4. The van der Waals surface area contributed by atoms with Gasteiger partial charge in [-0.25, -0.2) is 0 Å². The molecule has 1 saturated heterocycles. The molecule has 4 atom stereocenters. The predicted octanol–water partition coefficient (Wildman–Crippen LogP) is 1.30. The summed E-state index contributed by atoms with van der Waals surface area (Å²) in [6, 6.07) is 1.37. The maximum atomic E-state index is 12.9.